The van der Waals surface area contributed by atoms with E-state index in [1.165, 1.54) is 12.1 Å². The Morgan fingerprint density at radius 2 is 1.87 bits per heavy atom. The number of amides is 1. The second-order valence-electron chi connectivity index (χ2n) is 6.30. The number of nitrogens with one attached hydrogen (secondary N) is 1. The van der Waals surface area contributed by atoms with Crippen molar-refractivity contribution >= 4 is 5.91 Å². The van der Waals surface area contributed by atoms with E-state index in [1.807, 2.05) is 6.92 Å². The molecule has 1 N–H and O–H groups in total. The molecule has 1 heterocycles. The van der Waals surface area contributed by atoms with Crippen LogP contribution in [0.2, 0.25) is 0 Å². The molecule has 1 amide bonds. The largest absolute Gasteiger partial charge is 0.379 e. The average molecular weight is 324 g/mol. The van der Waals surface area contributed by atoms with Gasteiger partial charge in [0.2, 0.25) is 5.91 Å². The van der Waals surface area contributed by atoms with Crippen molar-refractivity contribution in [2.24, 2.45) is 0 Å². The van der Waals surface area contributed by atoms with Crippen LogP contribution in [0, 0.1) is 11.6 Å². The molecule has 2 aliphatic rings. The van der Waals surface area contributed by atoms with Crippen LogP contribution in [0.3, 0.4) is 0 Å². The molecule has 3 rings (SSSR count). The Morgan fingerprint density at radius 3 is 2.39 bits per heavy atom. The molecule has 1 saturated carbocycles. The molecule has 4 nitrogen and oxygen atoms in total. The highest BCUT2D eigenvalue weighted by molar-refractivity contribution is 5.83. The number of carbonyl (C=O) groups is 1. The predicted octanol–water partition coefficient (Wildman–Crippen LogP) is 2.18. The van der Waals surface area contributed by atoms with Crippen molar-refractivity contribution in [2.75, 3.05) is 26.3 Å². The van der Waals surface area contributed by atoms with E-state index >= 15 is 0 Å². The molecule has 1 aliphatic carbocycles. The zero-order valence-corrected chi connectivity index (χ0v) is 13.3. The second kappa shape index (κ2) is 6.53. The Kier molecular flexibility index (Phi) is 4.64. The fraction of sp³-hybridized carbons (Fsp3) is 0.588. The minimum absolute atomic E-state index is 0.0726. The lowest BCUT2D eigenvalue weighted by Crippen LogP contribution is -2.52. The van der Waals surface area contributed by atoms with Crippen molar-refractivity contribution in [3.05, 3.63) is 35.4 Å². The zero-order valence-electron chi connectivity index (χ0n) is 13.3. The van der Waals surface area contributed by atoms with Crippen molar-refractivity contribution in [1.29, 1.82) is 0 Å². The van der Waals surface area contributed by atoms with Crippen molar-refractivity contribution in [3.63, 3.8) is 0 Å². The normalized spacial score (nSPS) is 21.7. The SMILES string of the molecule is CC[C@H](C(=O)NC1(c2cc(F)cc(F)c2)CC1)N1CCOCC1. The maximum absolute atomic E-state index is 13.5. The number of halogens is 2. The van der Waals surface area contributed by atoms with Gasteiger partial charge in [-0.2, -0.15) is 0 Å². The number of morpholine rings is 1. The lowest BCUT2D eigenvalue weighted by Gasteiger charge is -2.34. The van der Waals surface area contributed by atoms with Gasteiger partial charge in [-0.05, 0) is 37.0 Å². The number of nitrogens with zero attached hydrogens (tertiary/aromatic N) is 1. The minimum Gasteiger partial charge on any atom is -0.379 e. The Labute approximate surface area is 134 Å². The topological polar surface area (TPSA) is 41.6 Å². The molecule has 2 fully saturated rings. The summed E-state index contributed by atoms with van der Waals surface area (Å²) in [5.41, 5.74) is -0.0973. The molecule has 0 radical (unpaired) electrons. The highest BCUT2D eigenvalue weighted by atomic mass is 19.1. The highest BCUT2D eigenvalue weighted by Gasteiger charge is 2.47. The molecule has 1 aromatic rings. The second-order valence-corrected chi connectivity index (χ2v) is 6.30. The third-order valence-corrected chi connectivity index (χ3v) is 4.70. The number of ether oxygens (including phenoxy) is 1. The van der Waals surface area contributed by atoms with Gasteiger partial charge in [-0.1, -0.05) is 6.92 Å². The summed E-state index contributed by atoms with van der Waals surface area (Å²) >= 11 is 0. The van der Waals surface area contributed by atoms with Crippen LogP contribution < -0.4 is 5.32 Å². The van der Waals surface area contributed by atoms with Gasteiger partial charge in [0.1, 0.15) is 11.6 Å². The van der Waals surface area contributed by atoms with Gasteiger partial charge in [0.25, 0.3) is 0 Å². The highest BCUT2D eigenvalue weighted by Crippen LogP contribution is 2.46. The summed E-state index contributed by atoms with van der Waals surface area (Å²) in [6.07, 6.45) is 2.11. The van der Waals surface area contributed by atoms with E-state index in [2.05, 4.69) is 10.2 Å². The molecule has 1 aromatic carbocycles. The summed E-state index contributed by atoms with van der Waals surface area (Å²) in [5, 5.41) is 3.03. The average Bonchev–Trinajstić information content (AvgIpc) is 3.29. The summed E-state index contributed by atoms with van der Waals surface area (Å²) in [7, 11) is 0. The number of hydrogen-bond acceptors (Lipinski definition) is 3. The van der Waals surface area contributed by atoms with Crippen LogP contribution in [0.1, 0.15) is 31.7 Å². The van der Waals surface area contributed by atoms with Crippen LogP contribution in [-0.2, 0) is 15.1 Å². The van der Waals surface area contributed by atoms with E-state index in [9.17, 15) is 13.6 Å². The molecule has 126 valence electrons. The maximum Gasteiger partial charge on any atom is 0.238 e. The predicted molar refractivity (Wildman–Crippen MR) is 81.9 cm³/mol. The lowest BCUT2D eigenvalue weighted by atomic mass is 10.0. The Morgan fingerprint density at radius 1 is 1.26 bits per heavy atom. The van der Waals surface area contributed by atoms with Gasteiger partial charge < -0.3 is 10.1 Å². The number of hydrogen-bond donors (Lipinski definition) is 1. The Balaban J connectivity index is 1.73. The van der Waals surface area contributed by atoms with Gasteiger partial charge in [0, 0.05) is 19.2 Å². The molecule has 0 aromatic heterocycles. The van der Waals surface area contributed by atoms with Gasteiger partial charge in [-0.3, -0.25) is 9.69 Å². The third kappa shape index (κ3) is 3.53. The third-order valence-electron chi connectivity index (χ3n) is 4.70. The summed E-state index contributed by atoms with van der Waals surface area (Å²) < 4.78 is 32.3. The first kappa shape index (κ1) is 16.3. The van der Waals surface area contributed by atoms with E-state index in [-0.39, 0.29) is 11.9 Å². The van der Waals surface area contributed by atoms with E-state index in [4.69, 9.17) is 4.74 Å². The maximum atomic E-state index is 13.5. The number of benzene rings is 1. The molecule has 0 unspecified atom stereocenters. The fourth-order valence-electron chi connectivity index (χ4n) is 3.26. The smallest absolute Gasteiger partial charge is 0.238 e. The minimum atomic E-state index is -0.611. The van der Waals surface area contributed by atoms with Crippen molar-refractivity contribution in [1.82, 2.24) is 10.2 Å². The van der Waals surface area contributed by atoms with Crippen molar-refractivity contribution < 1.29 is 18.3 Å². The van der Waals surface area contributed by atoms with Gasteiger partial charge in [-0.25, -0.2) is 8.78 Å². The monoisotopic (exact) mass is 324 g/mol. The van der Waals surface area contributed by atoms with Crippen molar-refractivity contribution in [2.45, 2.75) is 37.8 Å². The summed E-state index contributed by atoms with van der Waals surface area (Å²) in [6, 6.07) is 3.25. The molecule has 1 atom stereocenters. The van der Waals surface area contributed by atoms with Crippen LogP contribution in [0.4, 0.5) is 8.78 Å². The molecule has 1 saturated heterocycles. The van der Waals surface area contributed by atoms with E-state index in [0.717, 1.165) is 19.2 Å². The molecule has 23 heavy (non-hydrogen) atoms. The Hall–Kier alpha value is -1.53. The van der Waals surface area contributed by atoms with E-state index < -0.39 is 17.2 Å². The van der Waals surface area contributed by atoms with Crippen LogP contribution in [-0.4, -0.2) is 43.2 Å². The van der Waals surface area contributed by atoms with E-state index in [1.54, 1.807) is 0 Å². The molecule has 1 aliphatic heterocycles. The first-order chi connectivity index (χ1) is 11.0. The van der Waals surface area contributed by atoms with Crippen molar-refractivity contribution in [3.8, 4) is 0 Å². The molecular formula is C17H22F2N2O2. The van der Waals surface area contributed by atoms with Gasteiger partial charge in [-0.15, -0.1) is 0 Å². The molecule has 0 bridgehead atoms. The quantitative estimate of drug-likeness (QED) is 0.903. The van der Waals surface area contributed by atoms with Gasteiger partial charge in [0.15, 0.2) is 0 Å². The van der Waals surface area contributed by atoms with Gasteiger partial charge >= 0.3 is 0 Å². The summed E-state index contributed by atoms with van der Waals surface area (Å²) in [6.45, 7) is 4.69. The van der Waals surface area contributed by atoms with Crippen LogP contribution in [0.15, 0.2) is 18.2 Å². The Bertz CT molecular complexity index is 564. The van der Waals surface area contributed by atoms with Gasteiger partial charge in [0.05, 0.1) is 24.8 Å². The lowest BCUT2D eigenvalue weighted by molar-refractivity contribution is -0.129. The number of carbonyl (C=O) groups excluding carboxylic acids is 1. The summed E-state index contributed by atoms with van der Waals surface area (Å²) in [5.74, 6) is -1.29. The van der Waals surface area contributed by atoms with Crippen LogP contribution in [0.25, 0.3) is 0 Å². The summed E-state index contributed by atoms with van der Waals surface area (Å²) in [4.78, 5) is 14.8. The van der Waals surface area contributed by atoms with Crippen LogP contribution in [0.5, 0.6) is 0 Å². The first-order valence-electron chi connectivity index (χ1n) is 8.14. The van der Waals surface area contributed by atoms with Crippen LogP contribution >= 0.6 is 0 Å². The number of rotatable bonds is 5. The first-order valence-corrected chi connectivity index (χ1v) is 8.14. The zero-order chi connectivity index (χ0) is 16.4. The van der Waals surface area contributed by atoms with E-state index in [0.29, 0.717) is 38.0 Å². The molecular weight excluding hydrogens is 302 g/mol. The molecule has 6 heteroatoms. The fourth-order valence-corrected chi connectivity index (χ4v) is 3.26. The standard InChI is InChI=1S/C17H22F2N2O2/c1-2-15(21-5-7-23-8-6-21)16(22)20-17(3-4-17)12-9-13(18)11-14(19)10-12/h9-11,15H,2-8H2,1H3,(H,20,22)/t15-/m1/s1. The molecule has 0 spiro atoms.